The van der Waals surface area contributed by atoms with Crippen LogP contribution in [-0.4, -0.2) is 11.7 Å². The van der Waals surface area contributed by atoms with Crippen molar-refractivity contribution in [2.75, 3.05) is 6.61 Å². The Balaban J connectivity index is 2.35. The first-order valence-corrected chi connectivity index (χ1v) is 6.14. The average Bonchev–Trinajstić information content (AvgIpc) is 2.51. The molecule has 4 heteroatoms. The van der Waals surface area contributed by atoms with Gasteiger partial charge in [0.05, 0.1) is 0 Å². The molecule has 0 atom stereocenters. The van der Waals surface area contributed by atoms with Crippen LogP contribution in [0.4, 0.5) is 0 Å². The van der Waals surface area contributed by atoms with Gasteiger partial charge in [0.1, 0.15) is 34.8 Å². The number of aryl methyl sites for hydroxylation is 1. The van der Waals surface area contributed by atoms with Gasteiger partial charge in [0.15, 0.2) is 5.43 Å². The molecule has 0 bridgehead atoms. The van der Waals surface area contributed by atoms with Gasteiger partial charge in [0, 0.05) is 17.7 Å². The highest BCUT2D eigenvalue weighted by molar-refractivity contribution is 5.87. The highest BCUT2D eigenvalue weighted by atomic mass is 16.5. The maximum Gasteiger partial charge on any atom is 0.196 e. The van der Waals surface area contributed by atoms with Crippen molar-refractivity contribution in [2.24, 2.45) is 0 Å². The van der Waals surface area contributed by atoms with Gasteiger partial charge in [-0.05, 0) is 25.8 Å². The van der Waals surface area contributed by atoms with Crippen LogP contribution in [-0.2, 0) is 6.42 Å². The molecular formula is C15H14O4. The number of benzene rings is 1. The quantitative estimate of drug-likeness (QED) is 0.738. The molecule has 98 valence electrons. The largest absolute Gasteiger partial charge is 0.507 e. The monoisotopic (exact) mass is 258 g/mol. The number of allylic oxidation sites excluding steroid dienone is 1. The lowest BCUT2D eigenvalue weighted by Crippen LogP contribution is -2.04. The lowest BCUT2D eigenvalue weighted by Gasteiger charge is -2.11. The summed E-state index contributed by atoms with van der Waals surface area (Å²) in [6, 6.07) is 3.07. The molecule has 1 aromatic carbocycles. The molecule has 2 aromatic rings. The Labute approximate surface area is 109 Å². The van der Waals surface area contributed by atoms with Crippen LogP contribution in [0.5, 0.6) is 11.5 Å². The van der Waals surface area contributed by atoms with E-state index < -0.39 is 0 Å². The Hall–Kier alpha value is -2.23. The summed E-state index contributed by atoms with van der Waals surface area (Å²) in [5, 5.41) is 10.5. The second-order valence-corrected chi connectivity index (χ2v) is 4.84. The van der Waals surface area contributed by atoms with Gasteiger partial charge in [-0.3, -0.25) is 4.79 Å². The van der Waals surface area contributed by atoms with Crippen LogP contribution in [0.3, 0.4) is 0 Å². The molecule has 0 saturated heterocycles. The molecule has 1 aliphatic rings. The second-order valence-electron chi connectivity index (χ2n) is 4.84. The molecule has 1 N–H and O–H groups in total. The lowest BCUT2D eigenvalue weighted by molar-refractivity contribution is 0.349. The summed E-state index contributed by atoms with van der Waals surface area (Å²) in [5.74, 6) is 1.05. The van der Waals surface area contributed by atoms with E-state index >= 15 is 0 Å². The SMILES string of the molecule is CC1=CCc2c(cc3oc(C)cc(=O)c3c2O)OC1. The third-order valence-electron chi connectivity index (χ3n) is 3.29. The van der Waals surface area contributed by atoms with E-state index in [1.54, 1.807) is 13.0 Å². The Morgan fingerprint density at radius 1 is 1.26 bits per heavy atom. The summed E-state index contributed by atoms with van der Waals surface area (Å²) in [5.41, 5.74) is 1.86. The number of rotatable bonds is 0. The molecule has 3 rings (SSSR count). The number of ether oxygens (including phenoxy) is 1. The van der Waals surface area contributed by atoms with Crippen LogP contribution in [0.25, 0.3) is 11.0 Å². The second kappa shape index (κ2) is 4.16. The minimum Gasteiger partial charge on any atom is -0.507 e. The molecule has 1 aromatic heterocycles. The zero-order valence-corrected chi connectivity index (χ0v) is 10.8. The van der Waals surface area contributed by atoms with Gasteiger partial charge in [-0.2, -0.15) is 0 Å². The van der Waals surface area contributed by atoms with Crippen LogP contribution in [0.15, 0.2) is 33.0 Å². The van der Waals surface area contributed by atoms with Gasteiger partial charge < -0.3 is 14.3 Å². The van der Waals surface area contributed by atoms with Gasteiger partial charge in [0.25, 0.3) is 0 Å². The van der Waals surface area contributed by atoms with E-state index in [2.05, 4.69) is 0 Å². The summed E-state index contributed by atoms with van der Waals surface area (Å²) >= 11 is 0. The molecule has 19 heavy (non-hydrogen) atoms. The lowest BCUT2D eigenvalue weighted by atomic mass is 10.0. The fourth-order valence-electron chi connectivity index (χ4n) is 2.29. The van der Waals surface area contributed by atoms with Crippen molar-refractivity contribution in [1.29, 1.82) is 0 Å². The molecule has 0 spiro atoms. The fourth-order valence-corrected chi connectivity index (χ4v) is 2.29. The predicted molar refractivity (Wildman–Crippen MR) is 71.8 cm³/mol. The van der Waals surface area contributed by atoms with Crippen molar-refractivity contribution in [3.05, 3.63) is 45.3 Å². The van der Waals surface area contributed by atoms with Crippen molar-refractivity contribution in [1.82, 2.24) is 0 Å². The summed E-state index contributed by atoms with van der Waals surface area (Å²) in [4.78, 5) is 12.0. The Bertz CT molecular complexity index is 753. The van der Waals surface area contributed by atoms with Gasteiger partial charge in [-0.25, -0.2) is 0 Å². The molecular weight excluding hydrogens is 244 g/mol. The first kappa shape index (κ1) is 11.8. The first-order valence-electron chi connectivity index (χ1n) is 6.14. The molecule has 1 aliphatic heterocycles. The smallest absolute Gasteiger partial charge is 0.196 e. The first-order chi connectivity index (χ1) is 9.06. The molecule has 0 fully saturated rings. The number of aromatic hydroxyl groups is 1. The van der Waals surface area contributed by atoms with Gasteiger partial charge in [0.2, 0.25) is 0 Å². The van der Waals surface area contributed by atoms with E-state index in [0.29, 0.717) is 35.7 Å². The van der Waals surface area contributed by atoms with Crippen LogP contribution in [0, 0.1) is 6.92 Å². The zero-order chi connectivity index (χ0) is 13.6. The number of hydrogen-bond acceptors (Lipinski definition) is 4. The maximum absolute atomic E-state index is 12.0. The normalized spacial score (nSPS) is 14.5. The number of hydrogen-bond donors (Lipinski definition) is 1. The Morgan fingerprint density at radius 2 is 2.05 bits per heavy atom. The molecule has 2 heterocycles. The van der Waals surface area contributed by atoms with E-state index in [1.807, 2.05) is 13.0 Å². The molecule has 0 amide bonds. The highest BCUT2D eigenvalue weighted by Gasteiger charge is 2.19. The zero-order valence-electron chi connectivity index (χ0n) is 10.8. The third-order valence-corrected chi connectivity index (χ3v) is 3.29. The average molecular weight is 258 g/mol. The van der Waals surface area contributed by atoms with E-state index in [-0.39, 0.29) is 16.6 Å². The van der Waals surface area contributed by atoms with Crippen molar-refractivity contribution < 1.29 is 14.3 Å². The summed E-state index contributed by atoms with van der Waals surface area (Å²) in [7, 11) is 0. The van der Waals surface area contributed by atoms with Gasteiger partial charge in [-0.1, -0.05) is 6.08 Å². The summed E-state index contributed by atoms with van der Waals surface area (Å²) < 4.78 is 11.1. The number of phenolic OH excluding ortho intramolecular Hbond substituents is 1. The van der Waals surface area contributed by atoms with Gasteiger partial charge in [-0.15, -0.1) is 0 Å². The minimum atomic E-state index is -0.232. The minimum absolute atomic E-state index is 0.0350. The van der Waals surface area contributed by atoms with Crippen molar-refractivity contribution in [2.45, 2.75) is 20.3 Å². The molecule has 0 saturated carbocycles. The fraction of sp³-hybridized carbons (Fsp3) is 0.267. The van der Waals surface area contributed by atoms with Crippen LogP contribution < -0.4 is 10.2 Å². The van der Waals surface area contributed by atoms with E-state index in [4.69, 9.17) is 9.15 Å². The number of phenols is 1. The van der Waals surface area contributed by atoms with Crippen molar-refractivity contribution >= 4 is 11.0 Å². The van der Waals surface area contributed by atoms with Gasteiger partial charge >= 0.3 is 0 Å². The summed E-state index contributed by atoms with van der Waals surface area (Å²) in [6.45, 7) is 4.15. The van der Waals surface area contributed by atoms with Crippen LogP contribution in [0.2, 0.25) is 0 Å². The van der Waals surface area contributed by atoms with Crippen molar-refractivity contribution in [3.8, 4) is 11.5 Å². The third kappa shape index (κ3) is 1.89. The predicted octanol–water partition coefficient (Wildman–Crippen LogP) is 2.69. The Kier molecular flexibility index (Phi) is 2.59. The van der Waals surface area contributed by atoms with Crippen LogP contribution >= 0.6 is 0 Å². The summed E-state index contributed by atoms with van der Waals surface area (Å²) in [6.07, 6.45) is 2.55. The van der Waals surface area contributed by atoms with E-state index in [9.17, 15) is 9.90 Å². The molecule has 0 aliphatic carbocycles. The number of fused-ring (bicyclic) bond motifs is 2. The standard InChI is InChI=1S/C15H14O4/c1-8-3-4-10-12(18-7-8)6-13-14(15(10)17)11(16)5-9(2)19-13/h3,5-6,17H,4,7H2,1-2H3. The van der Waals surface area contributed by atoms with Crippen molar-refractivity contribution in [3.63, 3.8) is 0 Å². The van der Waals surface area contributed by atoms with E-state index in [1.165, 1.54) is 6.07 Å². The van der Waals surface area contributed by atoms with Crippen LogP contribution in [0.1, 0.15) is 18.2 Å². The molecule has 0 radical (unpaired) electrons. The Morgan fingerprint density at radius 3 is 2.84 bits per heavy atom. The molecule has 0 unspecified atom stereocenters. The topological polar surface area (TPSA) is 59.7 Å². The maximum atomic E-state index is 12.0. The molecule has 4 nitrogen and oxygen atoms in total. The van der Waals surface area contributed by atoms with E-state index in [0.717, 1.165) is 5.57 Å². The highest BCUT2D eigenvalue weighted by Crippen LogP contribution is 2.36.